The van der Waals surface area contributed by atoms with E-state index < -0.39 is 0 Å². The van der Waals surface area contributed by atoms with Crippen molar-refractivity contribution in [2.24, 2.45) is 23.5 Å². The zero-order valence-electron chi connectivity index (χ0n) is 15.5. The summed E-state index contributed by atoms with van der Waals surface area (Å²) in [6.07, 6.45) is 5.69. The summed E-state index contributed by atoms with van der Waals surface area (Å²) >= 11 is 0. The Labute approximate surface area is 164 Å². The molecule has 1 heterocycles. The third-order valence-corrected chi connectivity index (χ3v) is 6.35. The van der Waals surface area contributed by atoms with E-state index in [9.17, 15) is 4.79 Å². The number of carbonyl (C=O) groups is 1. The zero-order valence-corrected chi connectivity index (χ0v) is 17.2. The van der Waals surface area contributed by atoms with Gasteiger partial charge in [0, 0.05) is 37.1 Å². The van der Waals surface area contributed by atoms with Gasteiger partial charge < -0.3 is 15.8 Å². The molecular formula is C18H35Cl2N3O2. The highest BCUT2D eigenvalue weighted by Gasteiger charge is 2.40. The van der Waals surface area contributed by atoms with Crippen LogP contribution in [-0.4, -0.2) is 55.2 Å². The first kappa shape index (κ1) is 23.0. The van der Waals surface area contributed by atoms with Gasteiger partial charge in [-0.3, -0.25) is 9.69 Å². The number of morpholine rings is 1. The number of carbonyl (C=O) groups excluding carboxylic acids is 1. The molecule has 1 saturated heterocycles. The molecule has 1 aliphatic heterocycles. The van der Waals surface area contributed by atoms with Crippen LogP contribution in [0.15, 0.2) is 0 Å². The molecule has 1 amide bonds. The van der Waals surface area contributed by atoms with Crippen LogP contribution in [-0.2, 0) is 9.53 Å². The Balaban J connectivity index is 0.00000156. The molecule has 3 aliphatic rings. The first-order chi connectivity index (χ1) is 11.0. The summed E-state index contributed by atoms with van der Waals surface area (Å²) in [5, 5.41) is 3.23. The van der Waals surface area contributed by atoms with Crippen molar-refractivity contribution in [2.75, 3.05) is 32.8 Å². The van der Waals surface area contributed by atoms with Gasteiger partial charge in [-0.15, -0.1) is 24.8 Å². The lowest BCUT2D eigenvalue weighted by molar-refractivity contribution is -0.128. The van der Waals surface area contributed by atoms with Crippen LogP contribution in [0.2, 0.25) is 0 Å². The lowest BCUT2D eigenvalue weighted by Crippen LogP contribution is -2.56. The van der Waals surface area contributed by atoms with Crippen molar-refractivity contribution in [1.82, 2.24) is 10.2 Å². The summed E-state index contributed by atoms with van der Waals surface area (Å²) in [6, 6.07) is 0.331. The molecule has 0 aromatic heterocycles. The number of hydrogen-bond donors (Lipinski definition) is 2. The highest BCUT2D eigenvalue weighted by molar-refractivity contribution is 5.85. The number of hydrogen-bond acceptors (Lipinski definition) is 4. The van der Waals surface area contributed by atoms with E-state index in [-0.39, 0.29) is 42.2 Å². The Morgan fingerprint density at radius 2 is 1.72 bits per heavy atom. The molecule has 148 valence electrons. The molecule has 3 rings (SSSR count). The van der Waals surface area contributed by atoms with Crippen LogP contribution < -0.4 is 11.1 Å². The van der Waals surface area contributed by atoms with Crippen molar-refractivity contribution in [3.8, 4) is 0 Å². The lowest BCUT2D eigenvalue weighted by Gasteiger charge is -2.44. The van der Waals surface area contributed by atoms with Gasteiger partial charge >= 0.3 is 0 Å². The number of ether oxygens (including phenoxy) is 1. The second kappa shape index (κ2) is 9.75. The average Bonchev–Trinajstić information content (AvgIpc) is 2.53. The van der Waals surface area contributed by atoms with Gasteiger partial charge in [-0.2, -0.15) is 0 Å². The van der Waals surface area contributed by atoms with Crippen molar-refractivity contribution in [3.05, 3.63) is 0 Å². The quantitative estimate of drug-likeness (QED) is 0.765. The molecule has 7 heteroatoms. The number of amides is 1. The molecule has 2 aliphatic carbocycles. The van der Waals surface area contributed by atoms with Crippen LogP contribution in [0.25, 0.3) is 0 Å². The summed E-state index contributed by atoms with van der Waals surface area (Å²) in [5.74, 6) is 1.54. The molecule has 0 aromatic carbocycles. The predicted octanol–water partition coefficient (Wildman–Crippen LogP) is 2.21. The molecule has 3 N–H and O–H groups in total. The van der Waals surface area contributed by atoms with Crippen LogP contribution in [0.4, 0.5) is 0 Å². The van der Waals surface area contributed by atoms with Gasteiger partial charge in [0.2, 0.25) is 5.91 Å². The SMILES string of the molecule is CC(C)(CNC(=O)C1CC2CCCC(C1)C2N)N1CCOCC1.Cl.Cl. The molecular weight excluding hydrogens is 361 g/mol. The predicted molar refractivity (Wildman–Crippen MR) is 106 cm³/mol. The van der Waals surface area contributed by atoms with E-state index in [2.05, 4.69) is 24.1 Å². The van der Waals surface area contributed by atoms with E-state index in [1.54, 1.807) is 0 Å². The van der Waals surface area contributed by atoms with E-state index in [0.29, 0.717) is 24.4 Å². The zero-order chi connectivity index (χ0) is 16.4. The molecule has 25 heavy (non-hydrogen) atoms. The minimum Gasteiger partial charge on any atom is -0.379 e. The van der Waals surface area contributed by atoms with Crippen LogP contribution in [0.5, 0.6) is 0 Å². The van der Waals surface area contributed by atoms with Crippen molar-refractivity contribution in [2.45, 2.75) is 57.5 Å². The Morgan fingerprint density at radius 3 is 2.28 bits per heavy atom. The second-order valence-electron chi connectivity index (χ2n) is 8.33. The maximum absolute atomic E-state index is 12.7. The van der Waals surface area contributed by atoms with E-state index >= 15 is 0 Å². The van der Waals surface area contributed by atoms with Crippen molar-refractivity contribution in [1.29, 1.82) is 0 Å². The topological polar surface area (TPSA) is 67.6 Å². The Hall–Kier alpha value is -0.0700. The van der Waals surface area contributed by atoms with Gasteiger partial charge in [0.15, 0.2) is 0 Å². The van der Waals surface area contributed by atoms with Crippen molar-refractivity contribution in [3.63, 3.8) is 0 Å². The summed E-state index contributed by atoms with van der Waals surface area (Å²) in [5.41, 5.74) is 6.32. The minimum absolute atomic E-state index is 0. The minimum atomic E-state index is -0.0135. The van der Waals surface area contributed by atoms with Gasteiger partial charge in [0.05, 0.1) is 13.2 Å². The van der Waals surface area contributed by atoms with Crippen LogP contribution >= 0.6 is 24.8 Å². The molecule has 2 atom stereocenters. The number of fused-ring (bicyclic) bond motifs is 2. The Bertz CT molecular complexity index is 417. The third kappa shape index (κ3) is 5.46. The fourth-order valence-corrected chi connectivity index (χ4v) is 4.73. The number of halogens is 2. The summed E-state index contributed by atoms with van der Waals surface area (Å²) in [4.78, 5) is 15.1. The summed E-state index contributed by atoms with van der Waals surface area (Å²) in [6.45, 7) is 8.62. The van der Waals surface area contributed by atoms with E-state index in [4.69, 9.17) is 10.5 Å². The third-order valence-electron chi connectivity index (χ3n) is 6.35. The van der Waals surface area contributed by atoms with Crippen molar-refractivity contribution >= 4 is 30.7 Å². The molecule has 2 unspecified atom stereocenters. The monoisotopic (exact) mass is 395 g/mol. The Morgan fingerprint density at radius 1 is 1.16 bits per heavy atom. The maximum Gasteiger partial charge on any atom is 0.223 e. The highest BCUT2D eigenvalue weighted by atomic mass is 35.5. The molecule has 0 radical (unpaired) electrons. The van der Waals surface area contributed by atoms with E-state index in [1.807, 2.05) is 0 Å². The van der Waals surface area contributed by atoms with Gasteiger partial charge in [0.25, 0.3) is 0 Å². The number of rotatable bonds is 4. The second-order valence-corrected chi connectivity index (χ2v) is 8.33. The summed E-state index contributed by atoms with van der Waals surface area (Å²) < 4.78 is 5.43. The molecule has 5 nitrogen and oxygen atoms in total. The highest BCUT2D eigenvalue weighted by Crippen LogP contribution is 2.41. The van der Waals surface area contributed by atoms with E-state index in [1.165, 1.54) is 19.3 Å². The number of nitrogens with two attached hydrogens (primary N) is 1. The number of nitrogens with zero attached hydrogens (tertiary/aromatic N) is 1. The van der Waals surface area contributed by atoms with Gasteiger partial charge in [0.1, 0.15) is 0 Å². The van der Waals surface area contributed by atoms with Gasteiger partial charge in [-0.1, -0.05) is 6.42 Å². The van der Waals surface area contributed by atoms with Gasteiger partial charge in [-0.05, 0) is 51.4 Å². The Kier molecular flexibility index (Phi) is 8.95. The normalized spacial score (nSPS) is 32.9. The van der Waals surface area contributed by atoms with Crippen LogP contribution in [0.3, 0.4) is 0 Å². The summed E-state index contributed by atoms with van der Waals surface area (Å²) in [7, 11) is 0. The average molecular weight is 396 g/mol. The maximum atomic E-state index is 12.7. The van der Waals surface area contributed by atoms with Gasteiger partial charge in [-0.25, -0.2) is 0 Å². The lowest BCUT2D eigenvalue weighted by atomic mass is 9.65. The van der Waals surface area contributed by atoms with Crippen LogP contribution in [0.1, 0.15) is 46.0 Å². The van der Waals surface area contributed by atoms with Crippen molar-refractivity contribution < 1.29 is 9.53 Å². The van der Waals surface area contributed by atoms with E-state index in [0.717, 1.165) is 39.1 Å². The molecule has 2 bridgehead atoms. The largest absolute Gasteiger partial charge is 0.379 e. The fourth-order valence-electron chi connectivity index (χ4n) is 4.73. The molecule has 2 saturated carbocycles. The standard InChI is InChI=1S/C18H33N3O2.2ClH/c1-18(2,21-6-8-23-9-7-21)12-20-17(22)15-10-13-4-3-5-14(11-15)16(13)19;;/h13-16H,3-12,19H2,1-2H3,(H,20,22);2*1H. The fraction of sp³-hybridized carbons (Fsp3) is 0.944. The molecule has 0 spiro atoms. The molecule has 3 fully saturated rings. The smallest absolute Gasteiger partial charge is 0.223 e. The first-order valence-electron chi connectivity index (χ1n) is 9.33. The first-order valence-corrected chi connectivity index (χ1v) is 9.33. The van der Waals surface area contributed by atoms with Crippen LogP contribution in [0, 0.1) is 17.8 Å². The molecule has 0 aromatic rings. The number of nitrogens with one attached hydrogen (secondary N) is 1.